The molecule has 2 fully saturated rings. The van der Waals surface area contributed by atoms with Crippen LogP contribution in [0.5, 0.6) is 0 Å². The zero-order chi connectivity index (χ0) is 18.0. The molecular weight excluding hydrogens is 312 g/mol. The number of rotatable bonds is 4. The van der Waals surface area contributed by atoms with Gasteiger partial charge in [0.2, 0.25) is 5.91 Å². The first-order chi connectivity index (χ1) is 11.1. The van der Waals surface area contributed by atoms with Gasteiger partial charge in [-0.15, -0.1) is 0 Å². The lowest BCUT2D eigenvalue weighted by Crippen LogP contribution is -2.45. The van der Waals surface area contributed by atoms with Crippen LogP contribution in [0.1, 0.15) is 65.7 Å². The SMILES string of the molecule is CC(C)(C)OC(=O)NC(CC1CC2(CCCCC2)NC1=O)C(=O)O. The van der Waals surface area contributed by atoms with Crippen LogP contribution in [0.15, 0.2) is 0 Å². The Balaban J connectivity index is 1.96. The van der Waals surface area contributed by atoms with Crippen molar-refractivity contribution < 1.29 is 24.2 Å². The lowest BCUT2D eigenvalue weighted by molar-refractivity contribution is -0.140. The highest BCUT2D eigenvalue weighted by molar-refractivity contribution is 5.85. The summed E-state index contributed by atoms with van der Waals surface area (Å²) in [4.78, 5) is 35.6. The third-order valence-corrected chi connectivity index (χ3v) is 4.72. The van der Waals surface area contributed by atoms with Crippen molar-refractivity contribution in [1.82, 2.24) is 10.6 Å². The molecule has 24 heavy (non-hydrogen) atoms. The van der Waals surface area contributed by atoms with Crippen molar-refractivity contribution in [3.8, 4) is 0 Å². The van der Waals surface area contributed by atoms with E-state index in [1.807, 2.05) is 0 Å². The largest absolute Gasteiger partial charge is 0.480 e. The fourth-order valence-electron chi connectivity index (χ4n) is 3.68. The molecule has 7 nitrogen and oxygen atoms in total. The van der Waals surface area contributed by atoms with Gasteiger partial charge in [-0.3, -0.25) is 4.79 Å². The predicted octanol–water partition coefficient (Wildman–Crippen LogP) is 2.19. The summed E-state index contributed by atoms with van der Waals surface area (Å²) in [5, 5.41) is 14.8. The van der Waals surface area contributed by atoms with Crippen molar-refractivity contribution in [2.45, 2.75) is 82.9 Å². The number of carboxylic acid groups (broad SMARTS) is 1. The van der Waals surface area contributed by atoms with Crippen LogP contribution >= 0.6 is 0 Å². The van der Waals surface area contributed by atoms with Gasteiger partial charge in [0, 0.05) is 11.5 Å². The Morgan fingerprint density at radius 3 is 2.50 bits per heavy atom. The summed E-state index contributed by atoms with van der Waals surface area (Å²) in [5.74, 6) is -1.65. The number of alkyl carbamates (subject to hydrolysis) is 1. The zero-order valence-corrected chi connectivity index (χ0v) is 14.7. The second-order valence-electron chi connectivity index (χ2n) is 8.00. The predicted molar refractivity (Wildman–Crippen MR) is 87.5 cm³/mol. The number of hydrogen-bond acceptors (Lipinski definition) is 4. The average Bonchev–Trinajstić information content (AvgIpc) is 2.72. The van der Waals surface area contributed by atoms with Gasteiger partial charge in [0.05, 0.1) is 0 Å². The number of carbonyl (C=O) groups excluding carboxylic acids is 2. The maximum atomic E-state index is 12.3. The quantitative estimate of drug-likeness (QED) is 0.727. The molecule has 136 valence electrons. The molecule has 3 N–H and O–H groups in total. The highest BCUT2D eigenvalue weighted by atomic mass is 16.6. The molecule has 2 aliphatic rings. The van der Waals surface area contributed by atoms with Crippen LogP contribution in [-0.2, 0) is 14.3 Å². The van der Waals surface area contributed by atoms with E-state index in [9.17, 15) is 19.5 Å². The van der Waals surface area contributed by atoms with Crippen molar-refractivity contribution in [3.63, 3.8) is 0 Å². The van der Waals surface area contributed by atoms with Gasteiger partial charge in [-0.2, -0.15) is 0 Å². The fourth-order valence-corrected chi connectivity index (χ4v) is 3.68. The molecule has 1 aliphatic heterocycles. The first-order valence-electron chi connectivity index (χ1n) is 8.65. The Morgan fingerprint density at radius 2 is 1.96 bits per heavy atom. The third kappa shape index (κ3) is 4.85. The number of aliphatic carboxylic acids is 1. The molecule has 2 amide bonds. The highest BCUT2D eigenvalue weighted by Gasteiger charge is 2.45. The molecule has 2 rings (SSSR count). The highest BCUT2D eigenvalue weighted by Crippen LogP contribution is 2.39. The third-order valence-electron chi connectivity index (χ3n) is 4.72. The van der Waals surface area contributed by atoms with Gasteiger partial charge in [0.25, 0.3) is 0 Å². The van der Waals surface area contributed by atoms with E-state index in [0.29, 0.717) is 6.42 Å². The van der Waals surface area contributed by atoms with Crippen LogP contribution in [0.2, 0.25) is 0 Å². The van der Waals surface area contributed by atoms with E-state index in [2.05, 4.69) is 10.6 Å². The zero-order valence-electron chi connectivity index (χ0n) is 14.7. The molecule has 1 saturated heterocycles. The fraction of sp³-hybridized carbons (Fsp3) is 0.824. The molecule has 0 aromatic heterocycles. The van der Waals surface area contributed by atoms with Gasteiger partial charge < -0.3 is 20.5 Å². The van der Waals surface area contributed by atoms with Crippen molar-refractivity contribution >= 4 is 18.0 Å². The number of hydrogen-bond donors (Lipinski definition) is 3. The van der Waals surface area contributed by atoms with E-state index < -0.39 is 23.7 Å². The minimum atomic E-state index is -1.15. The lowest BCUT2D eigenvalue weighted by atomic mass is 9.78. The normalized spacial score (nSPS) is 24.3. The van der Waals surface area contributed by atoms with Gasteiger partial charge >= 0.3 is 12.1 Å². The van der Waals surface area contributed by atoms with Crippen molar-refractivity contribution in [1.29, 1.82) is 0 Å². The Hall–Kier alpha value is -1.79. The summed E-state index contributed by atoms with van der Waals surface area (Å²) < 4.78 is 5.11. The van der Waals surface area contributed by atoms with Crippen molar-refractivity contribution in [2.75, 3.05) is 0 Å². The molecule has 2 unspecified atom stereocenters. The number of ether oxygens (including phenoxy) is 1. The first kappa shape index (κ1) is 18.5. The van der Waals surface area contributed by atoms with Gasteiger partial charge in [0.15, 0.2) is 0 Å². The van der Waals surface area contributed by atoms with Crippen molar-refractivity contribution in [2.24, 2.45) is 5.92 Å². The molecule has 1 heterocycles. The summed E-state index contributed by atoms with van der Waals surface area (Å²) in [6, 6.07) is -1.13. The Morgan fingerprint density at radius 1 is 1.33 bits per heavy atom. The lowest BCUT2D eigenvalue weighted by Gasteiger charge is -2.33. The number of nitrogens with one attached hydrogen (secondary N) is 2. The Bertz CT molecular complexity index is 506. The van der Waals surface area contributed by atoms with E-state index in [1.54, 1.807) is 20.8 Å². The standard InChI is InChI=1S/C17H28N2O5/c1-16(2,3)24-15(23)18-12(14(21)22)9-11-10-17(19-13(11)20)7-5-4-6-8-17/h11-12H,4-10H2,1-3H3,(H,18,23)(H,19,20)(H,21,22). The summed E-state index contributed by atoms with van der Waals surface area (Å²) in [6.45, 7) is 5.12. The topological polar surface area (TPSA) is 105 Å². The number of carboxylic acids is 1. The molecule has 0 aromatic rings. The summed E-state index contributed by atoms with van der Waals surface area (Å²) in [7, 11) is 0. The Kier molecular flexibility index (Phi) is 5.40. The number of carbonyl (C=O) groups is 3. The Labute approximate surface area is 142 Å². The molecule has 1 spiro atoms. The molecule has 1 aliphatic carbocycles. The molecule has 1 saturated carbocycles. The van der Waals surface area contributed by atoms with Crippen LogP contribution in [0, 0.1) is 5.92 Å². The van der Waals surface area contributed by atoms with Crippen molar-refractivity contribution in [3.05, 3.63) is 0 Å². The monoisotopic (exact) mass is 340 g/mol. The maximum absolute atomic E-state index is 12.3. The van der Waals surface area contributed by atoms with Gasteiger partial charge in [-0.1, -0.05) is 19.3 Å². The van der Waals surface area contributed by atoms with E-state index in [0.717, 1.165) is 25.7 Å². The van der Waals surface area contributed by atoms with Gasteiger partial charge in [-0.25, -0.2) is 9.59 Å². The molecule has 0 bridgehead atoms. The van der Waals surface area contributed by atoms with E-state index in [4.69, 9.17) is 4.74 Å². The summed E-state index contributed by atoms with van der Waals surface area (Å²) in [6.07, 6.45) is 5.21. The summed E-state index contributed by atoms with van der Waals surface area (Å²) >= 11 is 0. The smallest absolute Gasteiger partial charge is 0.408 e. The van der Waals surface area contributed by atoms with E-state index in [-0.39, 0.29) is 23.8 Å². The van der Waals surface area contributed by atoms with E-state index >= 15 is 0 Å². The second kappa shape index (κ2) is 6.99. The van der Waals surface area contributed by atoms with Gasteiger partial charge in [-0.05, 0) is 46.5 Å². The second-order valence-corrected chi connectivity index (χ2v) is 8.00. The average molecular weight is 340 g/mol. The van der Waals surface area contributed by atoms with E-state index in [1.165, 1.54) is 6.42 Å². The van der Waals surface area contributed by atoms with Crippen LogP contribution in [-0.4, -0.2) is 40.3 Å². The van der Waals surface area contributed by atoms with Crippen LogP contribution in [0.25, 0.3) is 0 Å². The van der Waals surface area contributed by atoms with Crippen LogP contribution in [0.4, 0.5) is 4.79 Å². The van der Waals surface area contributed by atoms with Crippen LogP contribution < -0.4 is 10.6 Å². The molecule has 7 heteroatoms. The van der Waals surface area contributed by atoms with Gasteiger partial charge in [0.1, 0.15) is 11.6 Å². The number of amides is 2. The van der Waals surface area contributed by atoms with Crippen LogP contribution in [0.3, 0.4) is 0 Å². The minimum absolute atomic E-state index is 0.0855. The summed E-state index contributed by atoms with van der Waals surface area (Å²) in [5.41, 5.74) is -0.876. The molecule has 0 aromatic carbocycles. The molecular formula is C17H28N2O5. The maximum Gasteiger partial charge on any atom is 0.408 e. The first-order valence-corrected chi connectivity index (χ1v) is 8.65. The molecule has 2 atom stereocenters. The molecule has 0 radical (unpaired) electrons. The minimum Gasteiger partial charge on any atom is -0.480 e.